The van der Waals surface area contributed by atoms with E-state index in [0.717, 1.165) is 22.3 Å². The molecule has 1 N–H and O–H groups in total. The Balaban J connectivity index is 2.16. The number of hydrogen-bond acceptors (Lipinski definition) is 2. The van der Waals surface area contributed by atoms with Gasteiger partial charge in [0.15, 0.2) is 0 Å². The second-order valence-corrected chi connectivity index (χ2v) is 3.96. The number of phenols is 1. The van der Waals surface area contributed by atoms with Crippen molar-refractivity contribution in [3.8, 4) is 16.9 Å². The molecule has 0 aromatic heterocycles. The zero-order valence-electron chi connectivity index (χ0n) is 8.81. The summed E-state index contributed by atoms with van der Waals surface area (Å²) in [6.07, 6.45) is 0. The molecule has 1 aliphatic heterocycles. The van der Waals surface area contributed by atoms with Gasteiger partial charge in [0.05, 0.1) is 13.2 Å². The molecule has 2 nitrogen and oxygen atoms in total. The second-order valence-electron chi connectivity index (χ2n) is 3.96. The van der Waals surface area contributed by atoms with Crippen LogP contribution in [0.15, 0.2) is 42.5 Å². The molecule has 0 saturated heterocycles. The molecule has 1 aliphatic rings. The Hall–Kier alpha value is -1.80. The van der Waals surface area contributed by atoms with E-state index in [4.69, 9.17) is 4.74 Å². The van der Waals surface area contributed by atoms with Crippen LogP contribution < -0.4 is 0 Å². The molecule has 1 heterocycles. The molecule has 0 atom stereocenters. The average molecular weight is 212 g/mol. The maximum absolute atomic E-state index is 10.2. The number of fused-ring (bicyclic) bond motifs is 1. The minimum Gasteiger partial charge on any atom is -0.507 e. The highest BCUT2D eigenvalue weighted by Gasteiger charge is 2.18. The van der Waals surface area contributed by atoms with Crippen LogP contribution in [0.1, 0.15) is 11.1 Å². The Kier molecular flexibility index (Phi) is 2.15. The number of hydrogen-bond donors (Lipinski definition) is 1. The van der Waals surface area contributed by atoms with Crippen molar-refractivity contribution in [2.24, 2.45) is 0 Å². The van der Waals surface area contributed by atoms with Gasteiger partial charge in [-0.2, -0.15) is 0 Å². The molecule has 0 bridgehead atoms. The van der Waals surface area contributed by atoms with Crippen LogP contribution in [-0.2, 0) is 18.0 Å². The first kappa shape index (κ1) is 9.43. The van der Waals surface area contributed by atoms with Crippen LogP contribution in [0.3, 0.4) is 0 Å². The number of ether oxygens (including phenoxy) is 1. The third-order valence-electron chi connectivity index (χ3n) is 2.97. The predicted octanol–water partition coefficient (Wildman–Crippen LogP) is 3.09. The summed E-state index contributed by atoms with van der Waals surface area (Å²) in [5, 5.41) is 10.2. The van der Waals surface area contributed by atoms with Crippen molar-refractivity contribution in [3.63, 3.8) is 0 Å². The summed E-state index contributed by atoms with van der Waals surface area (Å²) >= 11 is 0. The van der Waals surface area contributed by atoms with Crippen LogP contribution in [0, 0.1) is 0 Å². The van der Waals surface area contributed by atoms with E-state index in [9.17, 15) is 5.11 Å². The Labute approximate surface area is 94.1 Å². The lowest BCUT2D eigenvalue weighted by Crippen LogP contribution is -1.87. The van der Waals surface area contributed by atoms with Gasteiger partial charge in [-0.15, -0.1) is 0 Å². The Morgan fingerprint density at radius 1 is 0.938 bits per heavy atom. The van der Waals surface area contributed by atoms with E-state index in [2.05, 4.69) is 0 Å². The highest BCUT2D eigenvalue weighted by molar-refractivity contribution is 5.72. The third kappa shape index (κ3) is 1.39. The Morgan fingerprint density at radius 3 is 2.56 bits per heavy atom. The molecular weight excluding hydrogens is 200 g/mol. The first-order chi connectivity index (χ1) is 7.86. The highest BCUT2D eigenvalue weighted by atomic mass is 16.5. The molecule has 0 unspecified atom stereocenters. The first-order valence-corrected chi connectivity index (χ1v) is 5.33. The van der Waals surface area contributed by atoms with E-state index in [1.54, 1.807) is 0 Å². The normalized spacial score (nSPS) is 13.8. The molecule has 0 aliphatic carbocycles. The molecular formula is C14H12O2. The zero-order valence-corrected chi connectivity index (χ0v) is 8.81. The van der Waals surface area contributed by atoms with Gasteiger partial charge in [-0.25, -0.2) is 0 Å². The van der Waals surface area contributed by atoms with E-state index in [0.29, 0.717) is 19.0 Å². The van der Waals surface area contributed by atoms with Crippen molar-refractivity contribution in [1.29, 1.82) is 0 Å². The monoisotopic (exact) mass is 212 g/mol. The van der Waals surface area contributed by atoms with Gasteiger partial charge in [0, 0.05) is 11.1 Å². The Morgan fingerprint density at radius 2 is 1.75 bits per heavy atom. The summed E-state index contributed by atoms with van der Waals surface area (Å²) in [5.41, 5.74) is 3.94. The molecule has 0 saturated carbocycles. The van der Waals surface area contributed by atoms with E-state index in [1.165, 1.54) is 0 Å². The van der Waals surface area contributed by atoms with Crippen LogP contribution in [0.4, 0.5) is 0 Å². The SMILES string of the molecule is Oc1c(-c2ccccc2)ccc2c1COC2. The summed E-state index contributed by atoms with van der Waals surface area (Å²) < 4.78 is 5.33. The summed E-state index contributed by atoms with van der Waals surface area (Å²) in [4.78, 5) is 0. The fourth-order valence-corrected chi connectivity index (χ4v) is 2.09. The van der Waals surface area contributed by atoms with Gasteiger partial charge in [-0.3, -0.25) is 0 Å². The molecule has 0 amide bonds. The van der Waals surface area contributed by atoms with Gasteiger partial charge in [0.1, 0.15) is 5.75 Å². The number of benzene rings is 2. The van der Waals surface area contributed by atoms with Gasteiger partial charge in [0.2, 0.25) is 0 Å². The zero-order chi connectivity index (χ0) is 11.0. The standard InChI is InChI=1S/C14H12O2/c15-14-12(10-4-2-1-3-5-10)7-6-11-8-16-9-13(11)14/h1-7,15H,8-9H2. The second kappa shape index (κ2) is 3.65. The fourth-order valence-electron chi connectivity index (χ4n) is 2.09. The summed E-state index contributed by atoms with van der Waals surface area (Å²) in [6.45, 7) is 1.12. The van der Waals surface area contributed by atoms with Crippen molar-refractivity contribution in [1.82, 2.24) is 0 Å². The lowest BCUT2D eigenvalue weighted by atomic mass is 9.99. The van der Waals surface area contributed by atoms with Gasteiger partial charge < -0.3 is 9.84 Å². The maximum atomic E-state index is 10.2. The van der Waals surface area contributed by atoms with Gasteiger partial charge in [0.25, 0.3) is 0 Å². The number of aromatic hydroxyl groups is 1. The molecule has 80 valence electrons. The van der Waals surface area contributed by atoms with Gasteiger partial charge in [-0.05, 0) is 11.1 Å². The van der Waals surface area contributed by atoms with E-state index < -0.39 is 0 Å². The van der Waals surface area contributed by atoms with Crippen molar-refractivity contribution in [2.45, 2.75) is 13.2 Å². The molecule has 3 rings (SSSR count). The highest BCUT2D eigenvalue weighted by Crippen LogP contribution is 2.37. The molecule has 2 aromatic carbocycles. The van der Waals surface area contributed by atoms with Crippen LogP contribution >= 0.6 is 0 Å². The molecule has 0 radical (unpaired) electrons. The Bertz CT molecular complexity index is 518. The van der Waals surface area contributed by atoms with Crippen LogP contribution in [-0.4, -0.2) is 5.11 Å². The lowest BCUT2D eigenvalue weighted by molar-refractivity contribution is 0.133. The largest absolute Gasteiger partial charge is 0.507 e. The van der Waals surface area contributed by atoms with E-state index in [-0.39, 0.29) is 0 Å². The number of phenolic OH excluding ortho intramolecular Hbond substituents is 1. The van der Waals surface area contributed by atoms with Crippen molar-refractivity contribution in [3.05, 3.63) is 53.6 Å². The van der Waals surface area contributed by atoms with Crippen LogP contribution in [0.5, 0.6) is 5.75 Å². The average Bonchev–Trinajstić information content (AvgIpc) is 2.80. The lowest BCUT2D eigenvalue weighted by Gasteiger charge is -2.08. The summed E-state index contributed by atoms with van der Waals surface area (Å²) in [6, 6.07) is 13.9. The van der Waals surface area contributed by atoms with Crippen LogP contribution in [0.25, 0.3) is 11.1 Å². The molecule has 16 heavy (non-hydrogen) atoms. The molecule has 2 heteroatoms. The smallest absolute Gasteiger partial charge is 0.129 e. The van der Waals surface area contributed by atoms with Gasteiger partial charge in [-0.1, -0.05) is 42.5 Å². The molecule has 0 fully saturated rings. The first-order valence-electron chi connectivity index (χ1n) is 5.33. The summed E-state index contributed by atoms with van der Waals surface area (Å²) in [5.74, 6) is 0.362. The maximum Gasteiger partial charge on any atom is 0.129 e. The third-order valence-corrected chi connectivity index (χ3v) is 2.97. The van der Waals surface area contributed by atoms with E-state index in [1.807, 2.05) is 42.5 Å². The molecule has 2 aromatic rings. The quantitative estimate of drug-likeness (QED) is 0.787. The van der Waals surface area contributed by atoms with Crippen molar-refractivity contribution >= 4 is 0 Å². The van der Waals surface area contributed by atoms with Gasteiger partial charge >= 0.3 is 0 Å². The predicted molar refractivity (Wildman–Crippen MR) is 62.0 cm³/mol. The minimum atomic E-state index is 0.362. The summed E-state index contributed by atoms with van der Waals surface area (Å²) in [7, 11) is 0. The topological polar surface area (TPSA) is 29.5 Å². The minimum absolute atomic E-state index is 0.362. The molecule has 0 spiro atoms. The van der Waals surface area contributed by atoms with Crippen molar-refractivity contribution < 1.29 is 9.84 Å². The van der Waals surface area contributed by atoms with Crippen molar-refractivity contribution in [2.75, 3.05) is 0 Å². The number of rotatable bonds is 1. The van der Waals surface area contributed by atoms with E-state index >= 15 is 0 Å². The fraction of sp³-hybridized carbons (Fsp3) is 0.143. The van der Waals surface area contributed by atoms with Crippen LogP contribution in [0.2, 0.25) is 0 Å².